The molecular weight excluding hydrogens is 377 g/mol. The number of rotatable bonds is 5. The number of likely N-dealkylation sites (tertiary alicyclic amines) is 2. The van der Waals surface area contributed by atoms with Crippen LogP contribution in [0.15, 0.2) is 35.7 Å². The number of thioether (sulfide) groups is 1. The van der Waals surface area contributed by atoms with Crippen molar-refractivity contribution in [3.8, 4) is 0 Å². The van der Waals surface area contributed by atoms with Gasteiger partial charge in [0.05, 0.1) is 5.75 Å². The molecule has 4 rings (SSSR count). The van der Waals surface area contributed by atoms with Crippen molar-refractivity contribution in [2.24, 2.45) is 12.5 Å². The van der Waals surface area contributed by atoms with E-state index in [1.54, 1.807) is 12.4 Å². The van der Waals surface area contributed by atoms with Gasteiger partial charge in [-0.05, 0) is 31.9 Å². The number of hydrogen-bond donors (Lipinski definition) is 0. The van der Waals surface area contributed by atoms with Gasteiger partial charge >= 0.3 is 0 Å². The van der Waals surface area contributed by atoms with Gasteiger partial charge in [-0.3, -0.25) is 9.69 Å². The third-order valence-corrected chi connectivity index (χ3v) is 6.90. The summed E-state index contributed by atoms with van der Waals surface area (Å²) < 4.78 is 15.8. The zero-order valence-corrected chi connectivity index (χ0v) is 17.0. The van der Waals surface area contributed by atoms with E-state index in [1.165, 1.54) is 17.8 Å². The normalized spacial score (nSPS) is 22.9. The highest BCUT2D eigenvalue weighted by Gasteiger charge is 2.42. The number of carbonyl (C=O) groups excluding carboxylic acids is 1. The molecule has 28 heavy (non-hydrogen) atoms. The molecule has 2 fully saturated rings. The molecule has 1 aromatic heterocycles. The summed E-state index contributed by atoms with van der Waals surface area (Å²) in [6.45, 7) is 4.18. The molecule has 0 saturated carbocycles. The van der Waals surface area contributed by atoms with Gasteiger partial charge in [-0.25, -0.2) is 4.39 Å². The Morgan fingerprint density at radius 2 is 2.11 bits per heavy atom. The maximum Gasteiger partial charge on any atom is 0.233 e. The molecule has 1 amide bonds. The predicted molar refractivity (Wildman–Crippen MR) is 106 cm³/mol. The average Bonchev–Trinajstić information content (AvgIpc) is 3.28. The Morgan fingerprint density at radius 3 is 2.89 bits per heavy atom. The number of nitrogens with zero attached hydrogens (tertiary/aromatic N) is 5. The highest BCUT2D eigenvalue weighted by molar-refractivity contribution is 7.99. The number of halogens is 1. The molecule has 1 atom stereocenters. The van der Waals surface area contributed by atoms with E-state index in [4.69, 9.17) is 0 Å². The van der Waals surface area contributed by atoms with E-state index >= 15 is 0 Å². The Kier molecular flexibility index (Phi) is 5.68. The second kappa shape index (κ2) is 8.21. The van der Waals surface area contributed by atoms with E-state index in [0.717, 1.165) is 56.2 Å². The number of hydrogen-bond acceptors (Lipinski definition) is 5. The SMILES string of the molecule is Cn1cnnc1SCC(=O)N1CC[C@@]2(CCCN(Cc3ccccc3F)C2)C1. The molecule has 0 radical (unpaired) electrons. The maximum atomic E-state index is 14.0. The summed E-state index contributed by atoms with van der Waals surface area (Å²) in [6.07, 6.45) is 4.91. The Balaban J connectivity index is 1.33. The van der Waals surface area contributed by atoms with Crippen molar-refractivity contribution in [1.29, 1.82) is 0 Å². The molecule has 1 spiro atoms. The topological polar surface area (TPSA) is 54.3 Å². The molecule has 150 valence electrons. The predicted octanol–water partition coefficient (Wildman–Crippen LogP) is 2.56. The maximum absolute atomic E-state index is 14.0. The van der Waals surface area contributed by atoms with Gasteiger partial charge in [-0.1, -0.05) is 30.0 Å². The van der Waals surface area contributed by atoms with Crippen molar-refractivity contribution < 1.29 is 9.18 Å². The van der Waals surface area contributed by atoms with Crippen molar-refractivity contribution >= 4 is 17.7 Å². The van der Waals surface area contributed by atoms with Crippen LogP contribution in [0.25, 0.3) is 0 Å². The molecule has 2 aromatic rings. The average molecular weight is 404 g/mol. The summed E-state index contributed by atoms with van der Waals surface area (Å²) in [7, 11) is 1.88. The molecule has 1 aromatic carbocycles. The van der Waals surface area contributed by atoms with Crippen LogP contribution >= 0.6 is 11.8 Å². The van der Waals surface area contributed by atoms with Crippen LogP contribution in [0, 0.1) is 11.2 Å². The van der Waals surface area contributed by atoms with Crippen molar-refractivity contribution in [2.45, 2.75) is 31.0 Å². The van der Waals surface area contributed by atoms with Crippen LogP contribution in [0.5, 0.6) is 0 Å². The number of aromatic nitrogens is 3. The van der Waals surface area contributed by atoms with Crippen LogP contribution in [0.1, 0.15) is 24.8 Å². The molecule has 0 unspecified atom stereocenters. The Hall–Kier alpha value is -1.93. The molecule has 0 aliphatic carbocycles. The van der Waals surface area contributed by atoms with Crippen LogP contribution in [0.4, 0.5) is 4.39 Å². The molecule has 6 nitrogen and oxygen atoms in total. The Bertz CT molecular complexity index is 844. The highest BCUT2D eigenvalue weighted by Crippen LogP contribution is 2.39. The second-order valence-electron chi connectivity index (χ2n) is 7.98. The van der Waals surface area contributed by atoms with Gasteiger partial charge in [0.25, 0.3) is 0 Å². The van der Waals surface area contributed by atoms with Gasteiger partial charge in [-0.2, -0.15) is 0 Å². The monoisotopic (exact) mass is 403 g/mol. The fraction of sp³-hybridized carbons (Fsp3) is 0.550. The van der Waals surface area contributed by atoms with Crippen molar-refractivity contribution in [3.05, 3.63) is 42.0 Å². The van der Waals surface area contributed by atoms with E-state index in [0.29, 0.717) is 12.3 Å². The lowest BCUT2D eigenvalue weighted by Crippen LogP contribution is -2.45. The molecule has 8 heteroatoms. The molecule has 3 heterocycles. The van der Waals surface area contributed by atoms with E-state index in [2.05, 4.69) is 15.1 Å². The molecule has 0 bridgehead atoms. The third kappa shape index (κ3) is 4.22. The van der Waals surface area contributed by atoms with Crippen LogP contribution in [0.2, 0.25) is 0 Å². The number of benzene rings is 1. The van der Waals surface area contributed by atoms with E-state index in [1.807, 2.05) is 28.6 Å². The first-order valence-corrected chi connectivity index (χ1v) is 10.7. The summed E-state index contributed by atoms with van der Waals surface area (Å²) in [5.74, 6) is 0.420. The molecule has 0 N–H and O–H groups in total. The smallest absolute Gasteiger partial charge is 0.233 e. The first kappa shape index (κ1) is 19.4. The highest BCUT2D eigenvalue weighted by atomic mass is 32.2. The minimum atomic E-state index is -0.133. The first-order valence-electron chi connectivity index (χ1n) is 9.75. The number of piperidine rings is 1. The van der Waals surface area contributed by atoms with Crippen molar-refractivity contribution in [3.63, 3.8) is 0 Å². The van der Waals surface area contributed by atoms with Crippen molar-refractivity contribution in [2.75, 3.05) is 31.9 Å². The lowest BCUT2D eigenvalue weighted by Gasteiger charge is -2.40. The summed E-state index contributed by atoms with van der Waals surface area (Å²) in [5, 5.41) is 8.63. The Morgan fingerprint density at radius 1 is 1.25 bits per heavy atom. The van der Waals surface area contributed by atoms with Gasteiger partial charge in [0.1, 0.15) is 12.1 Å². The van der Waals surface area contributed by atoms with Gasteiger partial charge < -0.3 is 9.47 Å². The minimum Gasteiger partial charge on any atom is -0.341 e. The van der Waals surface area contributed by atoms with E-state index in [-0.39, 0.29) is 17.1 Å². The summed E-state index contributed by atoms with van der Waals surface area (Å²) >= 11 is 1.43. The van der Waals surface area contributed by atoms with E-state index in [9.17, 15) is 9.18 Å². The van der Waals surface area contributed by atoms with Gasteiger partial charge in [0, 0.05) is 44.2 Å². The standard InChI is InChI=1S/C20H26FN5OS/c1-24-15-22-23-19(24)28-12-18(27)26-10-8-20(14-26)7-4-9-25(13-20)11-16-5-2-3-6-17(16)21/h2-3,5-6,15H,4,7-14H2,1H3/t20-/m1/s1. The van der Waals surface area contributed by atoms with E-state index < -0.39 is 0 Å². The van der Waals surface area contributed by atoms with Gasteiger partial charge in [0.15, 0.2) is 5.16 Å². The molecular formula is C20H26FN5OS. The molecule has 2 aliphatic heterocycles. The Labute approximate surface area is 169 Å². The van der Waals surface area contributed by atoms with Gasteiger partial charge in [-0.15, -0.1) is 10.2 Å². The van der Waals surface area contributed by atoms with Crippen LogP contribution in [-0.2, 0) is 18.4 Å². The molecule has 2 saturated heterocycles. The fourth-order valence-corrected chi connectivity index (χ4v) is 5.21. The number of amides is 1. The minimum absolute atomic E-state index is 0.133. The van der Waals surface area contributed by atoms with Crippen LogP contribution < -0.4 is 0 Å². The number of carbonyl (C=O) groups is 1. The first-order chi connectivity index (χ1) is 13.5. The van der Waals surface area contributed by atoms with Crippen molar-refractivity contribution in [1.82, 2.24) is 24.6 Å². The lowest BCUT2D eigenvalue weighted by atomic mass is 9.79. The third-order valence-electron chi connectivity index (χ3n) is 5.88. The quantitative estimate of drug-likeness (QED) is 0.719. The van der Waals surface area contributed by atoms with Crippen LogP contribution in [0.3, 0.4) is 0 Å². The van der Waals surface area contributed by atoms with Gasteiger partial charge in [0.2, 0.25) is 5.91 Å². The summed E-state index contributed by atoms with van der Waals surface area (Å²) in [4.78, 5) is 17.0. The summed E-state index contributed by atoms with van der Waals surface area (Å²) in [6, 6.07) is 7.02. The number of aryl methyl sites for hydroxylation is 1. The lowest BCUT2D eigenvalue weighted by molar-refractivity contribution is -0.127. The van der Waals surface area contributed by atoms with Crippen LogP contribution in [-0.4, -0.2) is 62.4 Å². The second-order valence-corrected chi connectivity index (χ2v) is 8.93. The fourth-order valence-electron chi connectivity index (χ4n) is 4.41. The zero-order valence-electron chi connectivity index (χ0n) is 16.2. The zero-order chi connectivity index (χ0) is 19.6. The largest absolute Gasteiger partial charge is 0.341 e. The summed E-state index contributed by atoms with van der Waals surface area (Å²) in [5.41, 5.74) is 0.903. The molecule has 2 aliphatic rings.